The van der Waals surface area contributed by atoms with Gasteiger partial charge in [0.1, 0.15) is 0 Å². The standard InChI is InChI=1S/C9H18O4S/c1-3-8(2,6-10)9(11)4-5-14(12,13)7-9/h10-11H,3-7H2,1-2H3. The van der Waals surface area contributed by atoms with Crippen LogP contribution in [0, 0.1) is 5.41 Å². The lowest BCUT2D eigenvalue weighted by Crippen LogP contribution is -2.49. The Morgan fingerprint density at radius 3 is 2.36 bits per heavy atom. The zero-order valence-electron chi connectivity index (χ0n) is 8.65. The maximum atomic E-state index is 11.3. The van der Waals surface area contributed by atoms with E-state index in [1.807, 2.05) is 6.92 Å². The van der Waals surface area contributed by atoms with E-state index >= 15 is 0 Å². The molecular formula is C9H18O4S. The van der Waals surface area contributed by atoms with Crippen LogP contribution in [-0.2, 0) is 9.84 Å². The van der Waals surface area contributed by atoms with E-state index < -0.39 is 20.9 Å². The summed E-state index contributed by atoms with van der Waals surface area (Å²) in [6.07, 6.45) is 0.801. The third kappa shape index (κ3) is 1.81. The van der Waals surface area contributed by atoms with E-state index in [-0.39, 0.29) is 24.5 Å². The van der Waals surface area contributed by atoms with Gasteiger partial charge < -0.3 is 10.2 Å². The first kappa shape index (κ1) is 11.9. The highest BCUT2D eigenvalue weighted by molar-refractivity contribution is 7.91. The summed E-state index contributed by atoms with van der Waals surface area (Å²) >= 11 is 0. The summed E-state index contributed by atoms with van der Waals surface area (Å²) < 4.78 is 22.6. The minimum atomic E-state index is -3.12. The van der Waals surface area contributed by atoms with E-state index in [2.05, 4.69) is 0 Å². The summed E-state index contributed by atoms with van der Waals surface area (Å²) in [4.78, 5) is 0. The molecular weight excluding hydrogens is 204 g/mol. The van der Waals surface area contributed by atoms with Gasteiger partial charge in [-0.25, -0.2) is 8.42 Å². The molecule has 0 aromatic rings. The molecule has 0 radical (unpaired) electrons. The van der Waals surface area contributed by atoms with Gasteiger partial charge >= 0.3 is 0 Å². The number of hydrogen-bond acceptors (Lipinski definition) is 4. The maximum absolute atomic E-state index is 11.3. The zero-order valence-corrected chi connectivity index (χ0v) is 9.47. The van der Waals surface area contributed by atoms with Crippen LogP contribution in [-0.4, -0.2) is 42.3 Å². The molecule has 2 N–H and O–H groups in total. The lowest BCUT2D eigenvalue weighted by atomic mass is 9.71. The Morgan fingerprint density at radius 1 is 1.50 bits per heavy atom. The third-order valence-electron chi connectivity index (χ3n) is 3.54. The van der Waals surface area contributed by atoms with Crippen molar-refractivity contribution >= 4 is 9.84 Å². The van der Waals surface area contributed by atoms with Crippen molar-refractivity contribution in [3.05, 3.63) is 0 Å². The predicted molar refractivity (Wildman–Crippen MR) is 53.7 cm³/mol. The normalized spacial score (nSPS) is 35.4. The molecule has 1 aliphatic heterocycles. The van der Waals surface area contributed by atoms with E-state index in [1.54, 1.807) is 6.92 Å². The summed E-state index contributed by atoms with van der Waals surface area (Å²) in [6.45, 7) is 3.39. The predicted octanol–water partition coefficient (Wildman–Crippen LogP) is -0.0554. The molecule has 1 fully saturated rings. The van der Waals surface area contributed by atoms with Gasteiger partial charge in [-0.2, -0.15) is 0 Å². The van der Waals surface area contributed by atoms with Crippen LogP contribution in [0.25, 0.3) is 0 Å². The summed E-state index contributed by atoms with van der Waals surface area (Å²) in [5.41, 5.74) is -1.97. The molecule has 1 saturated heterocycles. The molecule has 0 aromatic heterocycles. The van der Waals surface area contributed by atoms with Gasteiger partial charge in [0.25, 0.3) is 0 Å². The lowest BCUT2D eigenvalue weighted by molar-refractivity contribution is -0.0833. The van der Waals surface area contributed by atoms with Gasteiger partial charge in [-0.3, -0.25) is 0 Å². The molecule has 5 heteroatoms. The number of sulfone groups is 1. The van der Waals surface area contributed by atoms with E-state index in [0.29, 0.717) is 6.42 Å². The number of aliphatic hydroxyl groups is 2. The Hall–Kier alpha value is -0.130. The van der Waals surface area contributed by atoms with Crippen molar-refractivity contribution in [3.8, 4) is 0 Å². The fourth-order valence-corrected chi connectivity index (χ4v) is 3.91. The molecule has 14 heavy (non-hydrogen) atoms. The maximum Gasteiger partial charge on any atom is 0.153 e. The van der Waals surface area contributed by atoms with E-state index in [1.165, 1.54) is 0 Å². The minimum absolute atomic E-state index is 0.0269. The van der Waals surface area contributed by atoms with Crippen molar-refractivity contribution in [3.63, 3.8) is 0 Å². The molecule has 84 valence electrons. The van der Waals surface area contributed by atoms with Crippen LogP contribution in [0.4, 0.5) is 0 Å². The van der Waals surface area contributed by atoms with Crippen LogP contribution in [0.2, 0.25) is 0 Å². The average molecular weight is 222 g/mol. The zero-order chi connectivity index (χ0) is 11.0. The molecule has 0 amide bonds. The molecule has 1 heterocycles. The first-order valence-electron chi connectivity index (χ1n) is 4.82. The van der Waals surface area contributed by atoms with E-state index in [9.17, 15) is 18.6 Å². The SMILES string of the molecule is CCC(C)(CO)C1(O)CCS(=O)(=O)C1. The third-order valence-corrected chi connectivity index (χ3v) is 5.28. The Balaban J connectivity index is 2.97. The van der Waals surface area contributed by atoms with Crippen molar-refractivity contribution in [1.82, 2.24) is 0 Å². The van der Waals surface area contributed by atoms with Crippen molar-refractivity contribution in [2.75, 3.05) is 18.1 Å². The molecule has 1 rings (SSSR count). The average Bonchev–Trinajstić information content (AvgIpc) is 2.40. The summed E-state index contributed by atoms with van der Waals surface area (Å²) in [5, 5.41) is 19.4. The van der Waals surface area contributed by atoms with Crippen LogP contribution in [0.15, 0.2) is 0 Å². The summed E-state index contributed by atoms with van der Waals surface area (Å²) in [6, 6.07) is 0. The Bertz CT molecular complexity index is 305. The second-order valence-corrected chi connectivity index (χ2v) is 6.63. The quantitative estimate of drug-likeness (QED) is 0.702. The molecule has 2 unspecified atom stereocenters. The van der Waals surface area contributed by atoms with Crippen molar-refractivity contribution in [1.29, 1.82) is 0 Å². The molecule has 2 atom stereocenters. The van der Waals surface area contributed by atoms with Crippen molar-refractivity contribution in [2.24, 2.45) is 5.41 Å². The van der Waals surface area contributed by atoms with Gasteiger partial charge in [-0.15, -0.1) is 0 Å². The Kier molecular flexibility index (Phi) is 2.96. The molecule has 0 spiro atoms. The largest absolute Gasteiger partial charge is 0.396 e. The Morgan fingerprint density at radius 2 is 2.07 bits per heavy atom. The van der Waals surface area contributed by atoms with Crippen molar-refractivity contribution < 1.29 is 18.6 Å². The van der Waals surface area contributed by atoms with Gasteiger partial charge in [0.2, 0.25) is 0 Å². The van der Waals surface area contributed by atoms with Gasteiger partial charge in [-0.1, -0.05) is 13.8 Å². The van der Waals surface area contributed by atoms with Crippen LogP contribution in [0.5, 0.6) is 0 Å². The highest BCUT2D eigenvalue weighted by atomic mass is 32.2. The smallest absolute Gasteiger partial charge is 0.153 e. The molecule has 0 saturated carbocycles. The van der Waals surface area contributed by atoms with Crippen LogP contribution >= 0.6 is 0 Å². The van der Waals surface area contributed by atoms with Crippen molar-refractivity contribution in [2.45, 2.75) is 32.3 Å². The molecule has 0 aliphatic carbocycles. The van der Waals surface area contributed by atoms with Crippen LogP contribution < -0.4 is 0 Å². The van der Waals surface area contributed by atoms with Gasteiger partial charge in [0.15, 0.2) is 9.84 Å². The fourth-order valence-electron chi connectivity index (χ4n) is 1.90. The second-order valence-electron chi connectivity index (χ2n) is 4.45. The van der Waals surface area contributed by atoms with Crippen LogP contribution in [0.3, 0.4) is 0 Å². The Labute approximate surface area is 84.9 Å². The van der Waals surface area contributed by atoms with Gasteiger partial charge in [-0.05, 0) is 12.8 Å². The molecule has 0 aromatic carbocycles. The number of aliphatic hydroxyl groups excluding tert-OH is 1. The number of hydrogen-bond donors (Lipinski definition) is 2. The van der Waals surface area contributed by atoms with Crippen LogP contribution in [0.1, 0.15) is 26.7 Å². The summed E-state index contributed by atoms with van der Waals surface area (Å²) in [7, 11) is -3.12. The first-order chi connectivity index (χ1) is 6.29. The molecule has 4 nitrogen and oxygen atoms in total. The highest BCUT2D eigenvalue weighted by Gasteiger charge is 2.52. The topological polar surface area (TPSA) is 74.6 Å². The monoisotopic (exact) mass is 222 g/mol. The lowest BCUT2D eigenvalue weighted by Gasteiger charge is -2.40. The first-order valence-corrected chi connectivity index (χ1v) is 6.64. The van der Waals surface area contributed by atoms with E-state index in [0.717, 1.165) is 0 Å². The fraction of sp³-hybridized carbons (Fsp3) is 1.00. The molecule has 1 aliphatic rings. The minimum Gasteiger partial charge on any atom is -0.396 e. The number of rotatable bonds is 3. The summed E-state index contributed by atoms with van der Waals surface area (Å²) in [5.74, 6) is -0.190. The molecule has 0 bridgehead atoms. The van der Waals surface area contributed by atoms with E-state index in [4.69, 9.17) is 0 Å². The highest BCUT2D eigenvalue weighted by Crippen LogP contribution is 2.41. The van der Waals surface area contributed by atoms with Gasteiger partial charge in [0, 0.05) is 5.41 Å². The van der Waals surface area contributed by atoms with Gasteiger partial charge in [0.05, 0.1) is 23.7 Å². The second kappa shape index (κ2) is 3.47.